The number of hydrogen-bond donors (Lipinski definition) is 0. The summed E-state index contributed by atoms with van der Waals surface area (Å²) in [7, 11) is 0. The van der Waals surface area contributed by atoms with Crippen LogP contribution in [-0.2, 0) is 9.59 Å². The summed E-state index contributed by atoms with van der Waals surface area (Å²) in [4.78, 5) is 53.1. The number of hydrazine groups is 1. The molecular weight excluding hydrogens is 531 g/mol. The molecule has 1 aliphatic heterocycles. The van der Waals surface area contributed by atoms with Crippen molar-refractivity contribution in [3.63, 3.8) is 0 Å². The SMILES string of the molecule is C[C@@H]1CC[C@@H]2C(=O)N(N(CC(=O)c3ccc(Br)cc3)C(=O)c3ccc(Cl)c(Cl)c3)C(=O)[C@@H]2C1. The highest BCUT2D eigenvalue weighted by atomic mass is 79.9. The Balaban J connectivity index is 1.70. The monoisotopic (exact) mass is 550 g/mol. The topological polar surface area (TPSA) is 74.8 Å². The molecule has 6 nitrogen and oxygen atoms in total. The second-order valence-electron chi connectivity index (χ2n) is 8.54. The van der Waals surface area contributed by atoms with E-state index >= 15 is 0 Å². The number of rotatable bonds is 5. The highest BCUT2D eigenvalue weighted by Gasteiger charge is 2.52. The quantitative estimate of drug-likeness (QED) is 0.367. The van der Waals surface area contributed by atoms with Crippen molar-refractivity contribution in [2.24, 2.45) is 17.8 Å². The van der Waals surface area contributed by atoms with Crippen molar-refractivity contribution >= 4 is 62.6 Å². The van der Waals surface area contributed by atoms with E-state index in [0.29, 0.717) is 24.3 Å². The van der Waals surface area contributed by atoms with Crippen molar-refractivity contribution in [2.45, 2.75) is 26.2 Å². The summed E-state index contributed by atoms with van der Waals surface area (Å²) in [6.45, 7) is 1.58. The summed E-state index contributed by atoms with van der Waals surface area (Å²) < 4.78 is 0.797. The van der Waals surface area contributed by atoms with Crippen LogP contribution in [0.15, 0.2) is 46.9 Å². The van der Waals surface area contributed by atoms with Gasteiger partial charge in [0.2, 0.25) is 0 Å². The predicted octanol–water partition coefficient (Wildman–Crippen LogP) is 5.42. The molecule has 0 aromatic heterocycles. The number of benzene rings is 2. The van der Waals surface area contributed by atoms with Gasteiger partial charge in [-0.15, -0.1) is 0 Å². The van der Waals surface area contributed by atoms with Crippen LogP contribution >= 0.6 is 39.1 Å². The van der Waals surface area contributed by atoms with Gasteiger partial charge in [-0.3, -0.25) is 19.2 Å². The van der Waals surface area contributed by atoms with Crippen LogP contribution in [0.4, 0.5) is 0 Å². The molecule has 1 heterocycles. The standard InChI is InChI=1S/C24H21BrCl2N2O4/c1-13-2-8-17-18(10-13)24(33)29(23(17)32)28(12-21(30)14-3-6-16(25)7-4-14)22(31)15-5-9-19(26)20(27)11-15/h3-7,9,11,13,17-18H,2,8,10,12H2,1H3/t13-,17+,18-/m1/s1. The van der Waals surface area contributed by atoms with Crippen molar-refractivity contribution in [1.82, 2.24) is 10.0 Å². The van der Waals surface area contributed by atoms with Crippen molar-refractivity contribution < 1.29 is 19.2 Å². The van der Waals surface area contributed by atoms with Crippen LogP contribution in [0.5, 0.6) is 0 Å². The maximum absolute atomic E-state index is 13.5. The summed E-state index contributed by atoms with van der Waals surface area (Å²) in [5.41, 5.74) is 0.479. The molecule has 1 aliphatic carbocycles. The Bertz CT molecular complexity index is 1140. The summed E-state index contributed by atoms with van der Waals surface area (Å²) >= 11 is 15.4. The Kier molecular flexibility index (Phi) is 6.93. The van der Waals surface area contributed by atoms with Gasteiger partial charge in [-0.25, -0.2) is 5.01 Å². The highest BCUT2D eigenvalue weighted by molar-refractivity contribution is 9.10. The smallest absolute Gasteiger partial charge is 0.273 e. The van der Waals surface area contributed by atoms with Gasteiger partial charge in [0.1, 0.15) is 6.54 Å². The third-order valence-corrected chi connectivity index (χ3v) is 7.53. The molecule has 3 amide bonds. The van der Waals surface area contributed by atoms with Gasteiger partial charge in [0.25, 0.3) is 17.7 Å². The van der Waals surface area contributed by atoms with Crippen molar-refractivity contribution in [3.05, 3.63) is 68.1 Å². The molecule has 2 fully saturated rings. The molecule has 3 atom stereocenters. The average molecular weight is 552 g/mol. The average Bonchev–Trinajstić information content (AvgIpc) is 3.03. The lowest BCUT2D eigenvalue weighted by Crippen LogP contribution is -2.52. The fourth-order valence-corrected chi connectivity index (χ4v) is 5.05. The third-order valence-electron chi connectivity index (χ3n) is 6.27. The van der Waals surface area contributed by atoms with E-state index in [2.05, 4.69) is 15.9 Å². The largest absolute Gasteiger partial charge is 0.292 e. The molecule has 0 bridgehead atoms. The fourth-order valence-electron chi connectivity index (χ4n) is 4.48. The number of Topliss-reactive ketones (excluding diaryl/α,β-unsaturated/α-hetero) is 1. The normalized spacial score (nSPS) is 22.3. The van der Waals surface area contributed by atoms with E-state index < -0.39 is 41.9 Å². The number of amides is 3. The minimum Gasteiger partial charge on any atom is -0.292 e. The molecule has 0 N–H and O–H groups in total. The molecule has 1 saturated carbocycles. The van der Waals surface area contributed by atoms with E-state index in [1.807, 2.05) is 6.92 Å². The lowest BCUT2D eigenvalue weighted by molar-refractivity contribution is -0.154. The zero-order chi connectivity index (χ0) is 23.9. The van der Waals surface area contributed by atoms with Crippen LogP contribution in [0.1, 0.15) is 46.9 Å². The number of ketones is 1. The van der Waals surface area contributed by atoms with E-state index in [4.69, 9.17) is 23.2 Å². The van der Waals surface area contributed by atoms with Crippen LogP contribution in [0.3, 0.4) is 0 Å². The van der Waals surface area contributed by atoms with Crippen LogP contribution < -0.4 is 0 Å². The van der Waals surface area contributed by atoms with Gasteiger partial charge < -0.3 is 0 Å². The minimum absolute atomic E-state index is 0.122. The van der Waals surface area contributed by atoms with E-state index in [-0.39, 0.29) is 15.6 Å². The van der Waals surface area contributed by atoms with Crippen LogP contribution in [0.2, 0.25) is 10.0 Å². The first-order valence-electron chi connectivity index (χ1n) is 10.6. The number of halogens is 3. The minimum atomic E-state index is -0.674. The van der Waals surface area contributed by atoms with E-state index in [1.54, 1.807) is 24.3 Å². The Hall–Kier alpha value is -2.22. The molecule has 4 rings (SSSR count). The summed E-state index contributed by atoms with van der Waals surface area (Å²) in [6.07, 6.45) is 2.01. The van der Waals surface area contributed by atoms with E-state index in [9.17, 15) is 19.2 Å². The van der Waals surface area contributed by atoms with Crippen LogP contribution in [0, 0.1) is 17.8 Å². The van der Waals surface area contributed by atoms with Gasteiger partial charge >= 0.3 is 0 Å². The summed E-state index contributed by atoms with van der Waals surface area (Å²) in [5.74, 6) is -2.59. The van der Waals surface area contributed by atoms with E-state index in [0.717, 1.165) is 20.9 Å². The Morgan fingerprint density at radius 3 is 2.27 bits per heavy atom. The van der Waals surface area contributed by atoms with Gasteiger partial charge in [-0.2, -0.15) is 5.01 Å². The second-order valence-corrected chi connectivity index (χ2v) is 10.3. The lowest BCUT2D eigenvalue weighted by Gasteiger charge is -2.30. The number of imide groups is 1. The first-order valence-corrected chi connectivity index (χ1v) is 12.2. The molecule has 1 saturated heterocycles. The zero-order valence-electron chi connectivity index (χ0n) is 17.8. The van der Waals surface area contributed by atoms with E-state index in [1.165, 1.54) is 18.2 Å². The molecule has 2 aliphatic rings. The van der Waals surface area contributed by atoms with Crippen LogP contribution in [-0.4, -0.2) is 40.1 Å². The molecule has 2 aromatic carbocycles. The number of fused-ring (bicyclic) bond motifs is 1. The second kappa shape index (κ2) is 9.57. The molecule has 2 aromatic rings. The predicted molar refractivity (Wildman–Crippen MR) is 128 cm³/mol. The highest BCUT2D eigenvalue weighted by Crippen LogP contribution is 2.41. The van der Waals surface area contributed by atoms with Crippen molar-refractivity contribution in [1.29, 1.82) is 0 Å². The zero-order valence-corrected chi connectivity index (χ0v) is 20.9. The van der Waals surface area contributed by atoms with Gasteiger partial charge in [-0.1, -0.05) is 58.2 Å². The maximum atomic E-state index is 13.5. The first-order chi connectivity index (χ1) is 15.7. The van der Waals surface area contributed by atoms with Crippen molar-refractivity contribution in [2.75, 3.05) is 6.54 Å². The Morgan fingerprint density at radius 2 is 1.61 bits per heavy atom. The third kappa shape index (κ3) is 4.72. The number of carbonyl (C=O) groups excluding carboxylic acids is 4. The Labute approximate surface area is 209 Å². The number of nitrogens with zero attached hydrogens (tertiary/aromatic N) is 2. The molecule has 0 unspecified atom stereocenters. The van der Waals surface area contributed by atoms with Crippen LogP contribution in [0.25, 0.3) is 0 Å². The van der Waals surface area contributed by atoms with Gasteiger partial charge in [0.15, 0.2) is 5.78 Å². The lowest BCUT2D eigenvalue weighted by atomic mass is 9.76. The molecule has 172 valence electrons. The van der Waals surface area contributed by atoms with Gasteiger partial charge in [0, 0.05) is 15.6 Å². The summed E-state index contributed by atoms with van der Waals surface area (Å²) in [6, 6.07) is 10.9. The van der Waals surface area contributed by atoms with Crippen molar-refractivity contribution in [3.8, 4) is 0 Å². The molecule has 0 radical (unpaired) electrons. The number of hydrogen-bond acceptors (Lipinski definition) is 4. The molecule has 33 heavy (non-hydrogen) atoms. The summed E-state index contributed by atoms with van der Waals surface area (Å²) in [5, 5.41) is 2.26. The Morgan fingerprint density at radius 1 is 0.970 bits per heavy atom. The first kappa shape index (κ1) is 23.9. The molecule has 9 heteroatoms. The molecular formula is C24H21BrCl2N2O4. The van der Waals surface area contributed by atoms with Gasteiger partial charge in [0.05, 0.1) is 21.9 Å². The maximum Gasteiger partial charge on any atom is 0.273 e. The fraction of sp³-hybridized carbons (Fsp3) is 0.333. The molecule has 0 spiro atoms. The number of carbonyl (C=O) groups is 4. The van der Waals surface area contributed by atoms with Gasteiger partial charge in [-0.05, 0) is 55.5 Å².